The van der Waals surface area contributed by atoms with Crippen molar-refractivity contribution in [1.82, 2.24) is 0 Å². The maximum atomic E-state index is 9.70. The van der Waals surface area contributed by atoms with Crippen LogP contribution in [0.15, 0.2) is 40.9 Å². The van der Waals surface area contributed by atoms with Crippen LogP contribution in [0.4, 0.5) is 11.4 Å². The molecular formula is C16H19BrN2O. The summed E-state index contributed by atoms with van der Waals surface area (Å²) in [6.07, 6.45) is 0. The molecule has 0 aromatic heterocycles. The van der Waals surface area contributed by atoms with Crippen molar-refractivity contribution >= 4 is 27.3 Å². The van der Waals surface area contributed by atoms with Crippen molar-refractivity contribution in [2.24, 2.45) is 0 Å². The molecule has 0 heterocycles. The lowest BCUT2D eigenvalue weighted by molar-refractivity contribution is 0.475. The van der Waals surface area contributed by atoms with Gasteiger partial charge in [-0.05, 0) is 37.6 Å². The zero-order chi connectivity index (χ0) is 14.7. The van der Waals surface area contributed by atoms with E-state index in [2.05, 4.69) is 27.8 Å². The molecule has 0 unspecified atom stereocenters. The number of benzene rings is 2. The highest BCUT2D eigenvalue weighted by atomic mass is 79.9. The third kappa shape index (κ3) is 3.07. The molecular weight excluding hydrogens is 316 g/mol. The van der Waals surface area contributed by atoms with Crippen LogP contribution >= 0.6 is 15.9 Å². The first-order valence-corrected chi connectivity index (χ1v) is 7.39. The number of hydrogen-bond acceptors (Lipinski definition) is 3. The topological polar surface area (TPSA) is 49.5 Å². The van der Waals surface area contributed by atoms with Crippen molar-refractivity contribution < 1.29 is 5.11 Å². The number of halogens is 1. The maximum absolute atomic E-state index is 9.70. The summed E-state index contributed by atoms with van der Waals surface area (Å²) < 4.78 is 1.01. The van der Waals surface area contributed by atoms with Gasteiger partial charge in [-0.3, -0.25) is 0 Å². The minimum Gasteiger partial charge on any atom is -0.508 e. The number of aryl methyl sites for hydroxylation is 1. The molecule has 4 heteroatoms. The minimum atomic E-state index is 0.282. The first-order valence-electron chi connectivity index (χ1n) is 6.60. The molecule has 3 N–H and O–H groups in total. The summed E-state index contributed by atoms with van der Waals surface area (Å²) >= 11 is 3.55. The van der Waals surface area contributed by atoms with Crippen LogP contribution in [0, 0.1) is 6.92 Å². The second-order valence-corrected chi connectivity index (χ2v) is 5.65. The summed E-state index contributed by atoms with van der Waals surface area (Å²) in [5.74, 6) is 0.282. The summed E-state index contributed by atoms with van der Waals surface area (Å²) in [4.78, 5) is 2.20. The Hall–Kier alpha value is -1.68. The van der Waals surface area contributed by atoms with Gasteiger partial charge in [0.2, 0.25) is 0 Å². The van der Waals surface area contributed by atoms with E-state index in [4.69, 9.17) is 5.73 Å². The summed E-state index contributed by atoms with van der Waals surface area (Å²) in [6.45, 7) is 5.68. The van der Waals surface area contributed by atoms with Crippen molar-refractivity contribution in [2.75, 3.05) is 17.2 Å². The van der Waals surface area contributed by atoms with Crippen molar-refractivity contribution in [3.05, 3.63) is 52.0 Å². The zero-order valence-corrected chi connectivity index (χ0v) is 13.3. The Morgan fingerprint density at radius 2 is 2.00 bits per heavy atom. The molecule has 2 aromatic carbocycles. The fraction of sp³-hybridized carbons (Fsp3) is 0.250. The molecule has 0 aliphatic heterocycles. The van der Waals surface area contributed by atoms with Crippen molar-refractivity contribution in [1.29, 1.82) is 0 Å². The average Bonchev–Trinajstić information content (AvgIpc) is 2.42. The van der Waals surface area contributed by atoms with Gasteiger partial charge in [-0.2, -0.15) is 0 Å². The van der Waals surface area contributed by atoms with E-state index in [9.17, 15) is 5.11 Å². The third-order valence-corrected chi connectivity index (χ3v) is 4.16. The monoisotopic (exact) mass is 334 g/mol. The van der Waals surface area contributed by atoms with Crippen LogP contribution < -0.4 is 10.6 Å². The second kappa shape index (κ2) is 6.18. The van der Waals surface area contributed by atoms with Crippen LogP contribution in [0.5, 0.6) is 5.75 Å². The first-order chi connectivity index (χ1) is 9.52. The van der Waals surface area contributed by atoms with Gasteiger partial charge in [0.25, 0.3) is 0 Å². The van der Waals surface area contributed by atoms with Crippen LogP contribution in [0.1, 0.15) is 18.1 Å². The Kier molecular flexibility index (Phi) is 4.55. The lowest BCUT2D eigenvalue weighted by atomic mass is 10.1. The fourth-order valence-corrected chi connectivity index (χ4v) is 2.75. The lowest BCUT2D eigenvalue weighted by Crippen LogP contribution is -2.23. The molecule has 0 radical (unpaired) electrons. The Morgan fingerprint density at radius 3 is 2.65 bits per heavy atom. The molecule has 0 amide bonds. The summed E-state index contributed by atoms with van der Waals surface area (Å²) in [5.41, 5.74) is 10.1. The largest absolute Gasteiger partial charge is 0.508 e. The molecule has 20 heavy (non-hydrogen) atoms. The number of nitrogen functional groups attached to an aromatic ring is 1. The number of nitrogens with zero attached hydrogens (tertiary/aromatic N) is 1. The molecule has 0 bridgehead atoms. The zero-order valence-electron chi connectivity index (χ0n) is 11.7. The number of hydrogen-bond donors (Lipinski definition) is 2. The summed E-state index contributed by atoms with van der Waals surface area (Å²) in [7, 11) is 0. The number of aromatic hydroxyl groups is 1. The van der Waals surface area contributed by atoms with Crippen LogP contribution in [-0.4, -0.2) is 11.7 Å². The van der Waals surface area contributed by atoms with Gasteiger partial charge in [-0.15, -0.1) is 0 Å². The van der Waals surface area contributed by atoms with Gasteiger partial charge < -0.3 is 15.7 Å². The van der Waals surface area contributed by atoms with E-state index in [1.165, 1.54) is 0 Å². The van der Waals surface area contributed by atoms with Gasteiger partial charge in [-0.1, -0.05) is 28.1 Å². The molecule has 0 saturated heterocycles. The van der Waals surface area contributed by atoms with Crippen molar-refractivity contribution in [3.8, 4) is 5.75 Å². The van der Waals surface area contributed by atoms with E-state index in [0.717, 1.165) is 33.5 Å². The molecule has 2 aromatic rings. The minimum absolute atomic E-state index is 0.282. The molecule has 106 valence electrons. The van der Waals surface area contributed by atoms with E-state index >= 15 is 0 Å². The van der Waals surface area contributed by atoms with Gasteiger partial charge in [0.1, 0.15) is 5.75 Å². The van der Waals surface area contributed by atoms with E-state index in [1.807, 2.05) is 31.2 Å². The standard InChI is InChI=1S/C16H19BrN2O/c1-3-19(16-9-12(20)8-7-11(16)2)10-13-14(17)5-4-6-15(13)18/h4-9,20H,3,10,18H2,1-2H3. The molecule has 0 atom stereocenters. The third-order valence-electron chi connectivity index (χ3n) is 3.42. The average molecular weight is 335 g/mol. The Labute approximate surface area is 128 Å². The lowest BCUT2D eigenvalue weighted by Gasteiger charge is -2.26. The molecule has 0 fully saturated rings. The smallest absolute Gasteiger partial charge is 0.117 e. The number of phenolic OH excluding ortho intramolecular Hbond substituents is 1. The van der Waals surface area contributed by atoms with Crippen LogP contribution in [0.2, 0.25) is 0 Å². The maximum Gasteiger partial charge on any atom is 0.117 e. The molecule has 0 saturated carbocycles. The number of nitrogens with two attached hydrogens (primary N) is 1. The fourth-order valence-electron chi connectivity index (χ4n) is 2.24. The Balaban J connectivity index is 2.36. The quantitative estimate of drug-likeness (QED) is 0.828. The number of anilines is 2. The first kappa shape index (κ1) is 14.7. The van der Waals surface area contributed by atoms with E-state index in [0.29, 0.717) is 6.54 Å². The van der Waals surface area contributed by atoms with Crippen molar-refractivity contribution in [3.63, 3.8) is 0 Å². The van der Waals surface area contributed by atoms with E-state index < -0.39 is 0 Å². The Bertz CT molecular complexity index is 593. The predicted molar refractivity (Wildman–Crippen MR) is 88.1 cm³/mol. The highest BCUT2D eigenvalue weighted by molar-refractivity contribution is 9.10. The molecule has 0 aliphatic carbocycles. The van der Waals surface area contributed by atoms with E-state index in [1.54, 1.807) is 12.1 Å². The van der Waals surface area contributed by atoms with Crippen LogP contribution in [0.3, 0.4) is 0 Å². The molecule has 2 rings (SSSR count). The summed E-state index contributed by atoms with van der Waals surface area (Å²) in [6, 6.07) is 11.3. The van der Waals surface area contributed by atoms with Crippen molar-refractivity contribution in [2.45, 2.75) is 20.4 Å². The Morgan fingerprint density at radius 1 is 1.25 bits per heavy atom. The van der Waals surface area contributed by atoms with Gasteiger partial charge >= 0.3 is 0 Å². The summed E-state index contributed by atoms with van der Waals surface area (Å²) in [5, 5.41) is 9.70. The van der Waals surface area contributed by atoms with Gasteiger partial charge in [-0.25, -0.2) is 0 Å². The SMILES string of the molecule is CCN(Cc1c(N)cccc1Br)c1cc(O)ccc1C. The second-order valence-electron chi connectivity index (χ2n) is 4.79. The highest BCUT2D eigenvalue weighted by Gasteiger charge is 2.12. The molecule has 0 spiro atoms. The van der Waals surface area contributed by atoms with Gasteiger partial charge in [0, 0.05) is 40.6 Å². The normalized spacial score (nSPS) is 10.6. The molecule has 3 nitrogen and oxygen atoms in total. The van der Waals surface area contributed by atoms with Gasteiger partial charge in [0.15, 0.2) is 0 Å². The predicted octanol–water partition coefficient (Wildman–Crippen LogP) is 4.07. The van der Waals surface area contributed by atoms with Crippen LogP contribution in [0.25, 0.3) is 0 Å². The highest BCUT2D eigenvalue weighted by Crippen LogP contribution is 2.29. The van der Waals surface area contributed by atoms with Gasteiger partial charge in [0.05, 0.1) is 0 Å². The number of rotatable bonds is 4. The van der Waals surface area contributed by atoms with Crippen LogP contribution in [-0.2, 0) is 6.54 Å². The van der Waals surface area contributed by atoms with E-state index in [-0.39, 0.29) is 5.75 Å². The number of phenols is 1. The molecule has 0 aliphatic rings.